The zero-order valence-corrected chi connectivity index (χ0v) is 6.82. The van der Waals surface area contributed by atoms with Crippen LogP contribution in [0, 0.1) is 0 Å². The quantitative estimate of drug-likeness (QED) is 0.670. The number of thioether (sulfide) groups is 1. The van der Waals surface area contributed by atoms with Gasteiger partial charge in [-0.3, -0.25) is 0 Å². The molecule has 1 aliphatic rings. The Bertz CT molecular complexity index is 197. The van der Waals surface area contributed by atoms with E-state index in [0.717, 1.165) is 17.6 Å². The van der Waals surface area contributed by atoms with E-state index in [4.69, 9.17) is 4.74 Å². The second-order valence-corrected chi connectivity index (χ2v) is 4.36. The van der Waals surface area contributed by atoms with Crippen LogP contribution in [0.15, 0.2) is 9.85 Å². The monoisotopic (exact) mass is 174 g/mol. The van der Waals surface area contributed by atoms with Crippen molar-refractivity contribution < 1.29 is 4.74 Å². The summed E-state index contributed by atoms with van der Waals surface area (Å²) in [6, 6.07) is 0. The lowest BCUT2D eigenvalue weighted by Gasteiger charge is -2.23. The zero-order valence-electron chi connectivity index (χ0n) is 5.19. The summed E-state index contributed by atoms with van der Waals surface area (Å²) >= 11 is 3.34. The van der Waals surface area contributed by atoms with Crippen molar-refractivity contribution in [1.82, 2.24) is 10.2 Å². The fraction of sp³-hybridized carbons (Fsp3) is 0.600. The number of hydrogen-bond acceptors (Lipinski definition) is 5. The molecule has 1 fully saturated rings. The topological polar surface area (TPSA) is 35.0 Å². The SMILES string of the molecule is c1nnc(SC2COC2)s1. The number of nitrogens with zero attached hydrogens (tertiary/aromatic N) is 2. The van der Waals surface area contributed by atoms with Crippen LogP contribution in [0.4, 0.5) is 0 Å². The lowest BCUT2D eigenvalue weighted by Crippen LogP contribution is -2.29. The van der Waals surface area contributed by atoms with E-state index < -0.39 is 0 Å². The van der Waals surface area contributed by atoms with E-state index >= 15 is 0 Å². The molecule has 0 bridgehead atoms. The maximum absolute atomic E-state index is 5.02. The van der Waals surface area contributed by atoms with Crippen molar-refractivity contribution >= 4 is 23.1 Å². The summed E-state index contributed by atoms with van der Waals surface area (Å²) in [5, 5.41) is 8.27. The Hall–Kier alpha value is -0.130. The maximum Gasteiger partial charge on any atom is 0.174 e. The van der Waals surface area contributed by atoms with Crippen LogP contribution in [0.5, 0.6) is 0 Å². The fourth-order valence-electron chi connectivity index (χ4n) is 0.639. The van der Waals surface area contributed by atoms with Crippen LogP contribution >= 0.6 is 23.1 Å². The standard InChI is InChI=1S/C5H6N2OS2/c1-4(2-8-1)10-5-7-6-3-9-5/h3-4H,1-2H2. The number of ether oxygens (including phenoxy) is 1. The molecule has 0 unspecified atom stereocenters. The summed E-state index contributed by atoms with van der Waals surface area (Å²) in [6.07, 6.45) is 0. The van der Waals surface area contributed by atoms with E-state index in [2.05, 4.69) is 10.2 Å². The molecule has 0 saturated carbocycles. The van der Waals surface area contributed by atoms with E-state index in [9.17, 15) is 0 Å². The van der Waals surface area contributed by atoms with Crippen LogP contribution in [-0.4, -0.2) is 28.7 Å². The van der Waals surface area contributed by atoms with Crippen molar-refractivity contribution in [2.75, 3.05) is 13.2 Å². The smallest absolute Gasteiger partial charge is 0.174 e. The lowest BCUT2D eigenvalue weighted by molar-refractivity contribution is 0.0455. The van der Waals surface area contributed by atoms with Gasteiger partial charge in [-0.05, 0) is 0 Å². The van der Waals surface area contributed by atoms with Crippen LogP contribution in [0.3, 0.4) is 0 Å². The normalized spacial score (nSPS) is 18.8. The lowest BCUT2D eigenvalue weighted by atomic mass is 10.4. The average molecular weight is 174 g/mol. The Labute approximate surface area is 66.8 Å². The molecule has 1 aliphatic heterocycles. The molecule has 1 aromatic heterocycles. The number of aromatic nitrogens is 2. The van der Waals surface area contributed by atoms with Gasteiger partial charge in [0.2, 0.25) is 0 Å². The summed E-state index contributed by atoms with van der Waals surface area (Å²) in [4.78, 5) is 0. The number of hydrogen-bond donors (Lipinski definition) is 0. The van der Waals surface area contributed by atoms with E-state index in [1.54, 1.807) is 28.6 Å². The third-order valence-corrected chi connectivity index (χ3v) is 3.16. The summed E-state index contributed by atoms with van der Waals surface area (Å²) in [5.74, 6) is 0. The second kappa shape index (κ2) is 2.86. The Morgan fingerprint density at radius 3 is 3.10 bits per heavy atom. The summed E-state index contributed by atoms with van der Waals surface area (Å²) in [6.45, 7) is 1.73. The first-order valence-electron chi connectivity index (χ1n) is 2.96. The van der Waals surface area contributed by atoms with Crippen LogP contribution in [0.25, 0.3) is 0 Å². The Kier molecular flexibility index (Phi) is 1.88. The molecule has 0 N–H and O–H groups in total. The van der Waals surface area contributed by atoms with Gasteiger partial charge in [0.25, 0.3) is 0 Å². The Balaban J connectivity index is 1.90. The fourth-order valence-corrected chi connectivity index (χ4v) is 2.39. The predicted molar refractivity (Wildman–Crippen MR) is 40.4 cm³/mol. The first kappa shape index (κ1) is 6.57. The molecule has 0 atom stereocenters. The maximum atomic E-state index is 5.02. The first-order valence-corrected chi connectivity index (χ1v) is 4.71. The highest BCUT2D eigenvalue weighted by molar-refractivity contribution is 8.01. The van der Waals surface area contributed by atoms with Crippen molar-refractivity contribution in [1.29, 1.82) is 0 Å². The molecular weight excluding hydrogens is 168 g/mol. The highest BCUT2D eigenvalue weighted by atomic mass is 32.2. The van der Waals surface area contributed by atoms with E-state index in [1.165, 1.54) is 0 Å². The molecule has 1 aromatic rings. The van der Waals surface area contributed by atoms with Gasteiger partial charge in [-0.15, -0.1) is 10.2 Å². The van der Waals surface area contributed by atoms with Gasteiger partial charge in [-0.1, -0.05) is 23.1 Å². The molecule has 3 nitrogen and oxygen atoms in total. The summed E-state index contributed by atoms with van der Waals surface area (Å²) < 4.78 is 6.07. The summed E-state index contributed by atoms with van der Waals surface area (Å²) in [5.41, 5.74) is 1.75. The number of rotatable bonds is 2. The molecular formula is C5H6N2OS2. The molecule has 2 rings (SSSR count). The molecule has 0 amide bonds. The van der Waals surface area contributed by atoms with Gasteiger partial charge < -0.3 is 4.74 Å². The van der Waals surface area contributed by atoms with Gasteiger partial charge in [-0.25, -0.2) is 0 Å². The largest absolute Gasteiger partial charge is 0.379 e. The van der Waals surface area contributed by atoms with E-state index in [1.807, 2.05) is 0 Å². The van der Waals surface area contributed by atoms with Gasteiger partial charge in [0, 0.05) is 0 Å². The van der Waals surface area contributed by atoms with Crippen molar-refractivity contribution in [3.05, 3.63) is 5.51 Å². The highest BCUT2D eigenvalue weighted by Crippen LogP contribution is 2.28. The third kappa shape index (κ3) is 1.31. The zero-order chi connectivity index (χ0) is 6.81. The van der Waals surface area contributed by atoms with Crippen LogP contribution in [0.1, 0.15) is 0 Å². The van der Waals surface area contributed by atoms with Crippen molar-refractivity contribution in [2.45, 2.75) is 9.59 Å². The molecule has 54 valence electrons. The van der Waals surface area contributed by atoms with Crippen LogP contribution in [0.2, 0.25) is 0 Å². The molecule has 0 radical (unpaired) electrons. The Morgan fingerprint density at radius 2 is 2.60 bits per heavy atom. The second-order valence-electron chi connectivity index (χ2n) is 1.98. The van der Waals surface area contributed by atoms with Gasteiger partial charge in [-0.2, -0.15) is 0 Å². The van der Waals surface area contributed by atoms with Crippen LogP contribution in [-0.2, 0) is 4.74 Å². The highest BCUT2D eigenvalue weighted by Gasteiger charge is 2.20. The Morgan fingerprint density at radius 1 is 1.70 bits per heavy atom. The van der Waals surface area contributed by atoms with Gasteiger partial charge in [0.15, 0.2) is 4.34 Å². The summed E-state index contributed by atoms with van der Waals surface area (Å²) in [7, 11) is 0. The van der Waals surface area contributed by atoms with Crippen molar-refractivity contribution in [2.24, 2.45) is 0 Å². The van der Waals surface area contributed by atoms with Gasteiger partial charge in [0.1, 0.15) is 5.51 Å². The van der Waals surface area contributed by atoms with E-state index in [-0.39, 0.29) is 0 Å². The third-order valence-electron chi connectivity index (χ3n) is 1.22. The van der Waals surface area contributed by atoms with E-state index in [0.29, 0.717) is 5.25 Å². The minimum atomic E-state index is 0.618. The minimum absolute atomic E-state index is 0.618. The molecule has 0 spiro atoms. The van der Waals surface area contributed by atoms with Gasteiger partial charge >= 0.3 is 0 Å². The van der Waals surface area contributed by atoms with Crippen molar-refractivity contribution in [3.63, 3.8) is 0 Å². The minimum Gasteiger partial charge on any atom is -0.379 e. The molecule has 2 heterocycles. The predicted octanol–water partition coefficient (Wildman–Crippen LogP) is 1.03. The van der Waals surface area contributed by atoms with Crippen LogP contribution < -0.4 is 0 Å². The van der Waals surface area contributed by atoms with Gasteiger partial charge in [0.05, 0.1) is 18.5 Å². The molecule has 0 aliphatic carbocycles. The molecule has 5 heteroatoms. The average Bonchev–Trinajstić information content (AvgIpc) is 2.29. The molecule has 1 saturated heterocycles. The van der Waals surface area contributed by atoms with Crippen molar-refractivity contribution in [3.8, 4) is 0 Å². The molecule has 10 heavy (non-hydrogen) atoms. The molecule has 0 aromatic carbocycles. The first-order chi connectivity index (χ1) is 4.95.